The number of hydrogen-bond acceptors (Lipinski definition) is 4. The number of benzene rings is 1. The molecule has 0 aliphatic carbocycles. The lowest BCUT2D eigenvalue weighted by Crippen LogP contribution is -2.33. The number of rotatable bonds is 2. The zero-order valence-corrected chi connectivity index (χ0v) is 9.47. The van der Waals surface area contributed by atoms with Crippen molar-refractivity contribution in [2.75, 3.05) is 13.1 Å². The van der Waals surface area contributed by atoms with Crippen LogP contribution in [0.25, 0.3) is 0 Å². The summed E-state index contributed by atoms with van der Waals surface area (Å²) in [6.45, 7) is 0.233. The van der Waals surface area contributed by atoms with Crippen molar-refractivity contribution in [1.29, 1.82) is 0 Å². The molecule has 1 aromatic rings. The molecule has 2 atom stereocenters. The minimum atomic E-state index is -3.51. The monoisotopic (exact) mass is 242 g/mol. The highest BCUT2D eigenvalue weighted by Crippen LogP contribution is 2.20. The molecule has 2 unspecified atom stereocenters. The number of nitrogens with two attached hydrogens (primary N) is 1. The van der Waals surface area contributed by atoms with E-state index in [0.717, 1.165) is 0 Å². The molecule has 0 radical (unpaired) electrons. The summed E-state index contributed by atoms with van der Waals surface area (Å²) in [6.07, 6.45) is -0.779. The molecular weight excluding hydrogens is 228 g/mol. The molecule has 1 saturated heterocycles. The molecule has 0 bridgehead atoms. The zero-order chi connectivity index (χ0) is 11.8. The number of hydrogen-bond donors (Lipinski definition) is 2. The molecule has 1 heterocycles. The largest absolute Gasteiger partial charge is 0.390 e. The van der Waals surface area contributed by atoms with Crippen LogP contribution in [0.2, 0.25) is 0 Å². The fourth-order valence-electron chi connectivity index (χ4n) is 1.71. The Morgan fingerprint density at radius 3 is 2.38 bits per heavy atom. The summed E-state index contributed by atoms with van der Waals surface area (Å²) >= 11 is 0. The highest BCUT2D eigenvalue weighted by atomic mass is 32.2. The molecule has 1 aliphatic heterocycles. The standard InChI is InChI=1S/C10H14N2O3S/c11-9-6-12(7-10(9)13)16(14,15)8-4-2-1-3-5-8/h1-5,9-10,13H,6-7,11H2. The van der Waals surface area contributed by atoms with Crippen LogP contribution in [-0.4, -0.2) is 43.1 Å². The Morgan fingerprint density at radius 2 is 1.88 bits per heavy atom. The third-order valence-corrected chi connectivity index (χ3v) is 4.53. The second kappa shape index (κ2) is 4.14. The molecular formula is C10H14N2O3S. The van der Waals surface area contributed by atoms with Crippen molar-refractivity contribution >= 4 is 10.0 Å². The molecule has 16 heavy (non-hydrogen) atoms. The van der Waals surface area contributed by atoms with Crippen LogP contribution >= 0.6 is 0 Å². The van der Waals surface area contributed by atoms with Gasteiger partial charge in [-0.2, -0.15) is 4.31 Å². The Kier molecular flexibility index (Phi) is 2.98. The fourth-order valence-corrected chi connectivity index (χ4v) is 3.23. The van der Waals surface area contributed by atoms with E-state index in [0.29, 0.717) is 0 Å². The second-order valence-corrected chi connectivity index (χ2v) is 5.80. The Labute approximate surface area is 94.5 Å². The van der Waals surface area contributed by atoms with Crippen molar-refractivity contribution in [3.8, 4) is 0 Å². The van der Waals surface area contributed by atoms with Gasteiger partial charge in [0, 0.05) is 19.1 Å². The Morgan fingerprint density at radius 1 is 1.25 bits per heavy atom. The molecule has 5 nitrogen and oxygen atoms in total. The highest BCUT2D eigenvalue weighted by molar-refractivity contribution is 7.89. The third kappa shape index (κ3) is 1.97. The van der Waals surface area contributed by atoms with E-state index in [1.54, 1.807) is 18.2 Å². The van der Waals surface area contributed by atoms with Crippen LogP contribution in [-0.2, 0) is 10.0 Å². The van der Waals surface area contributed by atoms with Crippen molar-refractivity contribution in [1.82, 2.24) is 4.31 Å². The van der Waals surface area contributed by atoms with Crippen LogP contribution in [0.1, 0.15) is 0 Å². The van der Waals surface area contributed by atoms with Crippen molar-refractivity contribution in [3.63, 3.8) is 0 Å². The summed E-state index contributed by atoms with van der Waals surface area (Å²) < 4.78 is 25.4. The predicted octanol–water partition coefficient (Wildman–Crippen LogP) is -0.621. The summed E-state index contributed by atoms with van der Waals surface area (Å²) in [5, 5.41) is 9.45. The highest BCUT2D eigenvalue weighted by Gasteiger charge is 2.36. The number of nitrogens with zero attached hydrogens (tertiary/aromatic N) is 1. The van der Waals surface area contributed by atoms with Crippen molar-refractivity contribution in [3.05, 3.63) is 30.3 Å². The molecule has 1 aromatic carbocycles. The van der Waals surface area contributed by atoms with Crippen molar-refractivity contribution in [2.45, 2.75) is 17.0 Å². The van der Waals surface area contributed by atoms with Crippen LogP contribution in [0, 0.1) is 0 Å². The maximum absolute atomic E-state index is 12.1. The molecule has 0 saturated carbocycles. The fraction of sp³-hybridized carbons (Fsp3) is 0.400. The number of aliphatic hydroxyl groups is 1. The molecule has 3 N–H and O–H groups in total. The number of aliphatic hydroxyl groups excluding tert-OH is 1. The molecule has 0 amide bonds. The van der Waals surface area contributed by atoms with E-state index in [1.165, 1.54) is 16.4 Å². The first-order chi connectivity index (χ1) is 7.51. The molecule has 6 heteroatoms. The van der Waals surface area contributed by atoms with Crippen LogP contribution < -0.4 is 5.73 Å². The van der Waals surface area contributed by atoms with Gasteiger partial charge < -0.3 is 10.8 Å². The lowest BCUT2D eigenvalue weighted by atomic mass is 10.2. The van der Waals surface area contributed by atoms with Gasteiger partial charge in [0.25, 0.3) is 0 Å². The lowest BCUT2D eigenvalue weighted by Gasteiger charge is -2.15. The quantitative estimate of drug-likeness (QED) is 0.724. The molecule has 1 aliphatic rings. The smallest absolute Gasteiger partial charge is 0.243 e. The van der Waals surface area contributed by atoms with Gasteiger partial charge in [0.05, 0.1) is 11.0 Å². The maximum Gasteiger partial charge on any atom is 0.243 e. The van der Waals surface area contributed by atoms with Gasteiger partial charge in [0.2, 0.25) is 10.0 Å². The second-order valence-electron chi connectivity index (χ2n) is 3.87. The molecule has 0 aromatic heterocycles. The summed E-state index contributed by atoms with van der Waals surface area (Å²) in [7, 11) is -3.51. The van der Waals surface area contributed by atoms with Crippen molar-refractivity contribution < 1.29 is 13.5 Å². The molecule has 88 valence electrons. The Hall–Kier alpha value is -0.950. The van der Waals surface area contributed by atoms with Gasteiger partial charge in [-0.15, -0.1) is 0 Å². The van der Waals surface area contributed by atoms with E-state index in [4.69, 9.17) is 5.73 Å². The summed E-state index contributed by atoms with van der Waals surface area (Å²) in [6, 6.07) is 7.65. The summed E-state index contributed by atoms with van der Waals surface area (Å²) in [5.74, 6) is 0. The topological polar surface area (TPSA) is 83.6 Å². The van der Waals surface area contributed by atoms with Crippen LogP contribution in [0.4, 0.5) is 0 Å². The van der Waals surface area contributed by atoms with Gasteiger partial charge in [-0.1, -0.05) is 18.2 Å². The van der Waals surface area contributed by atoms with E-state index < -0.39 is 22.2 Å². The van der Waals surface area contributed by atoms with Gasteiger partial charge in [0.1, 0.15) is 0 Å². The average Bonchev–Trinajstić information content (AvgIpc) is 2.61. The van der Waals surface area contributed by atoms with E-state index in [-0.39, 0.29) is 18.0 Å². The first-order valence-corrected chi connectivity index (χ1v) is 6.44. The SMILES string of the molecule is NC1CN(S(=O)(=O)c2ccccc2)CC1O. The predicted molar refractivity (Wildman–Crippen MR) is 59.2 cm³/mol. The van der Waals surface area contributed by atoms with Gasteiger partial charge in [-0.3, -0.25) is 0 Å². The van der Waals surface area contributed by atoms with Gasteiger partial charge in [-0.05, 0) is 12.1 Å². The van der Waals surface area contributed by atoms with E-state index >= 15 is 0 Å². The third-order valence-electron chi connectivity index (χ3n) is 2.68. The zero-order valence-electron chi connectivity index (χ0n) is 8.65. The average molecular weight is 242 g/mol. The minimum absolute atomic E-state index is 0.0679. The first kappa shape index (κ1) is 11.5. The minimum Gasteiger partial charge on any atom is -0.390 e. The van der Waals surface area contributed by atoms with Crippen molar-refractivity contribution in [2.24, 2.45) is 5.73 Å². The summed E-state index contributed by atoms with van der Waals surface area (Å²) in [4.78, 5) is 0.233. The van der Waals surface area contributed by atoms with Gasteiger partial charge in [0.15, 0.2) is 0 Å². The van der Waals surface area contributed by atoms with Gasteiger partial charge in [-0.25, -0.2) is 8.42 Å². The normalized spacial score (nSPS) is 27.1. The lowest BCUT2D eigenvalue weighted by molar-refractivity contribution is 0.174. The van der Waals surface area contributed by atoms with E-state index in [1.807, 2.05) is 0 Å². The van der Waals surface area contributed by atoms with Crippen LogP contribution in [0.5, 0.6) is 0 Å². The molecule has 0 spiro atoms. The van der Waals surface area contributed by atoms with E-state index in [2.05, 4.69) is 0 Å². The van der Waals surface area contributed by atoms with Gasteiger partial charge >= 0.3 is 0 Å². The van der Waals surface area contributed by atoms with E-state index in [9.17, 15) is 13.5 Å². The molecule has 1 fully saturated rings. The number of β-amino-alcohol motifs (C(OH)–C–C–N with tert-alkyl or cyclic N) is 1. The first-order valence-electron chi connectivity index (χ1n) is 5.00. The summed E-state index contributed by atoms with van der Waals surface area (Å²) in [5.41, 5.74) is 5.59. The van der Waals surface area contributed by atoms with Crippen LogP contribution in [0.3, 0.4) is 0 Å². The Balaban J connectivity index is 2.28. The Bertz CT molecular complexity index is 450. The van der Waals surface area contributed by atoms with Crippen LogP contribution in [0.15, 0.2) is 35.2 Å². The number of sulfonamides is 1. The molecule has 2 rings (SSSR count). The maximum atomic E-state index is 12.1.